The van der Waals surface area contributed by atoms with E-state index in [0.29, 0.717) is 12.1 Å². The van der Waals surface area contributed by atoms with Crippen LogP contribution in [0.5, 0.6) is 0 Å². The summed E-state index contributed by atoms with van der Waals surface area (Å²) < 4.78 is 65.6. The molecule has 9 heteroatoms. The van der Waals surface area contributed by atoms with Gasteiger partial charge in [-0.25, -0.2) is 26.6 Å². The molecular formula is C12H10F3N3O2S. The number of sulfonamides is 1. The molecule has 0 aliphatic carbocycles. The average molecular weight is 317 g/mol. The van der Waals surface area contributed by atoms with E-state index in [0.717, 1.165) is 6.07 Å². The van der Waals surface area contributed by atoms with E-state index in [9.17, 15) is 21.6 Å². The van der Waals surface area contributed by atoms with Gasteiger partial charge in [-0.2, -0.15) is 0 Å². The van der Waals surface area contributed by atoms with Crippen LogP contribution in [0.1, 0.15) is 0 Å². The molecule has 0 spiro atoms. The van der Waals surface area contributed by atoms with Crippen molar-refractivity contribution in [2.75, 3.05) is 17.1 Å². The van der Waals surface area contributed by atoms with Crippen molar-refractivity contribution in [3.8, 4) is 0 Å². The highest BCUT2D eigenvalue weighted by atomic mass is 32.2. The lowest BCUT2D eigenvalue weighted by molar-refractivity contribution is 0.547. The molecule has 21 heavy (non-hydrogen) atoms. The van der Waals surface area contributed by atoms with Crippen LogP contribution in [0.15, 0.2) is 35.4 Å². The molecule has 0 saturated heterocycles. The van der Waals surface area contributed by atoms with Crippen LogP contribution in [0.4, 0.5) is 24.7 Å². The van der Waals surface area contributed by atoms with E-state index in [4.69, 9.17) is 0 Å². The van der Waals surface area contributed by atoms with Gasteiger partial charge in [0, 0.05) is 31.4 Å². The third-order valence-corrected chi connectivity index (χ3v) is 3.89. The van der Waals surface area contributed by atoms with Crippen molar-refractivity contribution < 1.29 is 21.6 Å². The quantitative estimate of drug-likeness (QED) is 0.908. The van der Waals surface area contributed by atoms with Gasteiger partial charge in [-0.3, -0.25) is 4.72 Å². The molecule has 0 saturated carbocycles. The maximum absolute atomic E-state index is 13.5. The Labute approximate surface area is 118 Å². The summed E-state index contributed by atoms with van der Waals surface area (Å²) in [5.41, 5.74) is -0.945. The monoisotopic (exact) mass is 317 g/mol. The van der Waals surface area contributed by atoms with Crippen LogP contribution in [0.3, 0.4) is 0 Å². The number of hydrogen-bond donors (Lipinski definition) is 2. The summed E-state index contributed by atoms with van der Waals surface area (Å²) in [5, 5.41) is 2.63. The smallest absolute Gasteiger partial charge is 0.262 e. The van der Waals surface area contributed by atoms with E-state index in [1.807, 2.05) is 0 Å². The van der Waals surface area contributed by atoms with Crippen LogP contribution in [0.25, 0.3) is 0 Å². The molecule has 0 aliphatic rings. The Morgan fingerprint density at radius 2 is 1.71 bits per heavy atom. The van der Waals surface area contributed by atoms with E-state index in [-0.39, 0.29) is 10.7 Å². The maximum atomic E-state index is 13.5. The molecule has 2 aromatic rings. The number of halogens is 3. The minimum atomic E-state index is -4.24. The van der Waals surface area contributed by atoms with Crippen LogP contribution in [-0.4, -0.2) is 20.4 Å². The minimum absolute atomic E-state index is 0.245. The number of rotatable bonds is 4. The lowest BCUT2D eigenvalue weighted by Crippen LogP contribution is -2.15. The Balaban J connectivity index is 2.42. The first-order chi connectivity index (χ1) is 9.83. The molecule has 0 fully saturated rings. The third kappa shape index (κ3) is 3.24. The number of pyridine rings is 1. The second-order valence-electron chi connectivity index (χ2n) is 3.98. The van der Waals surface area contributed by atoms with Gasteiger partial charge in [0.1, 0.15) is 17.3 Å². The molecule has 2 rings (SSSR count). The molecular weight excluding hydrogens is 307 g/mol. The lowest BCUT2D eigenvalue weighted by atomic mass is 10.3. The molecule has 112 valence electrons. The fourth-order valence-electron chi connectivity index (χ4n) is 1.55. The van der Waals surface area contributed by atoms with Crippen molar-refractivity contribution in [2.45, 2.75) is 4.90 Å². The highest BCUT2D eigenvalue weighted by Crippen LogP contribution is 2.24. The molecule has 1 aromatic carbocycles. The third-order valence-electron chi connectivity index (χ3n) is 2.54. The Morgan fingerprint density at radius 3 is 2.29 bits per heavy atom. The zero-order valence-electron chi connectivity index (χ0n) is 10.7. The molecule has 1 aromatic heterocycles. The molecule has 0 radical (unpaired) electrons. The van der Waals surface area contributed by atoms with Crippen LogP contribution in [0, 0.1) is 17.5 Å². The summed E-state index contributed by atoms with van der Waals surface area (Å²) in [6, 6.07) is 3.10. The van der Waals surface area contributed by atoms with Crippen LogP contribution in [-0.2, 0) is 10.0 Å². The summed E-state index contributed by atoms with van der Waals surface area (Å²) in [5.74, 6) is -3.58. The Bertz CT molecular complexity index is 758. The minimum Gasteiger partial charge on any atom is -0.373 e. The summed E-state index contributed by atoms with van der Waals surface area (Å²) >= 11 is 0. The van der Waals surface area contributed by atoms with Crippen LogP contribution >= 0.6 is 0 Å². The first kappa shape index (κ1) is 15.1. The predicted molar refractivity (Wildman–Crippen MR) is 70.9 cm³/mol. The van der Waals surface area contributed by atoms with Gasteiger partial charge in [-0.15, -0.1) is 0 Å². The predicted octanol–water partition coefficient (Wildman–Crippen LogP) is 2.34. The highest BCUT2D eigenvalue weighted by molar-refractivity contribution is 7.92. The number of hydrogen-bond acceptors (Lipinski definition) is 4. The summed E-state index contributed by atoms with van der Waals surface area (Å²) in [4.78, 5) is 3.58. The van der Waals surface area contributed by atoms with Gasteiger partial charge in [-0.05, 0) is 6.07 Å². The summed E-state index contributed by atoms with van der Waals surface area (Å²) in [6.45, 7) is 0. The number of nitrogens with zero attached hydrogens (tertiary/aromatic N) is 1. The zero-order valence-corrected chi connectivity index (χ0v) is 11.5. The van der Waals surface area contributed by atoms with Gasteiger partial charge in [-0.1, -0.05) is 0 Å². The van der Waals surface area contributed by atoms with Gasteiger partial charge in [0.05, 0.1) is 4.90 Å². The van der Waals surface area contributed by atoms with Crippen molar-refractivity contribution in [3.05, 3.63) is 47.9 Å². The van der Waals surface area contributed by atoms with Crippen molar-refractivity contribution in [1.82, 2.24) is 4.98 Å². The van der Waals surface area contributed by atoms with Crippen LogP contribution < -0.4 is 10.0 Å². The van der Waals surface area contributed by atoms with Crippen LogP contribution in [0.2, 0.25) is 0 Å². The molecule has 0 aliphatic heterocycles. The molecule has 1 heterocycles. The highest BCUT2D eigenvalue weighted by Gasteiger charge is 2.20. The number of anilines is 2. The van der Waals surface area contributed by atoms with Crippen molar-refractivity contribution in [3.63, 3.8) is 0 Å². The molecule has 0 bridgehead atoms. The lowest BCUT2D eigenvalue weighted by Gasteiger charge is -2.10. The Morgan fingerprint density at radius 1 is 1.10 bits per heavy atom. The van der Waals surface area contributed by atoms with E-state index in [2.05, 4.69) is 10.3 Å². The van der Waals surface area contributed by atoms with Gasteiger partial charge >= 0.3 is 0 Å². The number of aromatic nitrogens is 1. The van der Waals surface area contributed by atoms with Gasteiger partial charge in [0.25, 0.3) is 10.0 Å². The first-order valence-corrected chi connectivity index (χ1v) is 7.13. The number of nitrogens with one attached hydrogen (secondary N) is 2. The Hall–Kier alpha value is -2.29. The average Bonchev–Trinajstić information content (AvgIpc) is 2.43. The van der Waals surface area contributed by atoms with Gasteiger partial charge in [0.15, 0.2) is 11.6 Å². The standard InChI is InChI=1S/C12H10F3N3O2S/c1-16-11-6-8(2-3-17-11)21(19,20)18-12-9(14)4-7(13)5-10(12)15/h2-6,18H,1H3,(H,16,17). The molecule has 5 nitrogen and oxygen atoms in total. The molecule has 0 amide bonds. The van der Waals surface area contributed by atoms with Crippen molar-refractivity contribution in [1.29, 1.82) is 0 Å². The maximum Gasteiger partial charge on any atom is 0.262 e. The first-order valence-electron chi connectivity index (χ1n) is 5.64. The molecule has 2 N–H and O–H groups in total. The Kier molecular flexibility index (Phi) is 4.03. The molecule has 0 atom stereocenters. The summed E-state index contributed by atoms with van der Waals surface area (Å²) in [7, 11) is -2.70. The second kappa shape index (κ2) is 5.60. The summed E-state index contributed by atoms with van der Waals surface area (Å²) in [6.07, 6.45) is 1.22. The van der Waals surface area contributed by atoms with E-state index in [1.54, 1.807) is 4.72 Å². The van der Waals surface area contributed by atoms with E-state index in [1.165, 1.54) is 19.3 Å². The van der Waals surface area contributed by atoms with Crippen molar-refractivity contribution in [2.24, 2.45) is 0 Å². The number of benzene rings is 1. The SMILES string of the molecule is CNc1cc(S(=O)(=O)Nc2c(F)cc(F)cc2F)ccn1. The fourth-order valence-corrected chi connectivity index (χ4v) is 2.64. The second-order valence-corrected chi connectivity index (χ2v) is 5.66. The van der Waals surface area contributed by atoms with E-state index < -0.39 is 33.2 Å². The van der Waals surface area contributed by atoms with E-state index >= 15 is 0 Å². The van der Waals surface area contributed by atoms with Gasteiger partial charge < -0.3 is 5.32 Å². The van der Waals surface area contributed by atoms with Crippen molar-refractivity contribution >= 4 is 21.5 Å². The zero-order chi connectivity index (χ0) is 15.6. The fraction of sp³-hybridized carbons (Fsp3) is 0.0833. The topological polar surface area (TPSA) is 71.1 Å². The largest absolute Gasteiger partial charge is 0.373 e. The molecule has 0 unspecified atom stereocenters. The normalized spacial score (nSPS) is 11.2. The van der Waals surface area contributed by atoms with Gasteiger partial charge in [0.2, 0.25) is 0 Å².